The molecule has 1 aliphatic rings. The van der Waals surface area contributed by atoms with Crippen LogP contribution in [-0.4, -0.2) is 56.2 Å². The highest BCUT2D eigenvalue weighted by molar-refractivity contribution is 5.36. The molecule has 2 rings (SSSR count). The van der Waals surface area contributed by atoms with Crippen LogP contribution in [0, 0.1) is 0 Å². The van der Waals surface area contributed by atoms with Crippen LogP contribution >= 0.6 is 0 Å². The van der Waals surface area contributed by atoms with E-state index in [2.05, 4.69) is 35.4 Å². The lowest BCUT2D eigenvalue weighted by molar-refractivity contribution is 0.101. The van der Waals surface area contributed by atoms with Crippen molar-refractivity contribution in [2.75, 3.05) is 40.3 Å². The van der Waals surface area contributed by atoms with E-state index in [9.17, 15) is 0 Å². The van der Waals surface area contributed by atoms with Gasteiger partial charge in [0.2, 0.25) is 0 Å². The van der Waals surface area contributed by atoms with Gasteiger partial charge in [-0.1, -0.05) is 18.2 Å². The normalized spacial score (nSPS) is 22.2. The number of ether oxygens (including phenoxy) is 1. The van der Waals surface area contributed by atoms with Gasteiger partial charge >= 0.3 is 0 Å². The number of hydrogen-bond acceptors (Lipinski definition) is 5. The van der Waals surface area contributed by atoms with Crippen molar-refractivity contribution in [2.24, 2.45) is 5.84 Å². The number of piperazine rings is 1. The second kappa shape index (κ2) is 7.75. The zero-order chi connectivity index (χ0) is 15.2. The van der Waals surface area contributed by atoms with E-state index in [1.807, 2.05) is 25.1 Å². The van der Waals surface area contributed by atoms with Crippen LogP contribution in [0.2, 0.25) is 0 Å². The number of benzene rings is 1. The Bertz CT molecular complexity index is 440. The number of para-hydroxylation sites is 1. The van der Waals surface area contributed by atoms with Crippen molar-refractivity contribution in [3.8, 4) is 5.75 Å². The average molecular weight is 292 g/mol. The molecule has 0 bridgehead atoms. The molecule has 2 atom stereocenters. The van der Waals surface area contributed by atoms with Crippen molar-refractivity contribution < 1.29 is 4.74 Å². The predicted molar refractivity (Wildman–Crippen MR) is 86.2 cm³/mol. The molecule has 1 saturated heterocycles. The van der Waals surface area contributed by atoms with Crippen LogP contribution in [0.15, 0.2) is 24.3 Å². The third-order valence-electron chi connectivity index (χ3n) is 4.28. The van der Waals surface area contributed by atoms with E-state index in [-0.39, 0.29) is 6.04 Å². The summed E-state index contributed by atoms with van der Waals surface area (Å²) in [5, 5.41) is 0. The Morgan fingerprint density at radius 3 is 2.81 bits per heavy atom. The Hall–Kier alpha value is -1.14. The lowest BCUT2D eigenvalue weighted by Gasteiger charge is -2.39. The van der Waals surface area contributed by atoms with Crippen molar-refractivity contribution >= 4 is 0 Å². The molecule has 0 spiro atoms. The van der Waals surface area contributed by atoms with Gasteiger partial charge in [-0.15, -0.1) is 0 Å². The van der Waals surface area contributed by atoms with Gasteiger partial charge in [0.25, 0.3) is 0 Å². The summed E-state index contributed by atoms with van der Waals surface area (Å²) in [5.74, 6) is 6.76. The SMILES string of the molecule is CCOc1ccccc1C(CC1CN(C)CCN1C)NN. The Kier molecular flexibility index (Phi) is 5.99. The first-order chi connectivity index (χ1) is 10.2. The van der Waals surface area contributed by atoms with Crippen molar-refractivity contribution in [1.82, 2.24) is 15.2 Å². The highest BCUT2D eigenvalue weighted by atomic mass is 16.5. The number of likely N-dealkylation sites (N-methyl/N-ethyl adjacent to an activating group) is 2. The molecule has 118 valence electrons. The van der Waals surface area contributed by atoms with Crippen molar-refractivity contribution in [3.05, 3.63) is 29.8 Å². The summed E-state index contributed by atoms with van der Waals surface area (Å²) < 4.78 is 5.74. The Morgan fingerprint density at radius 1 is 1.33 bits per heavy atom. The fourth-order valence-electron chi connectivity index (χ4n) is 2.97. The number of rotatable bonds is 6. The van der Waals surface area contributed by atoms with Crippen LogP contribution in [-0.2, 0) is 0 Å². The third kappa shape index (κ3) is 4.17. The van der Waals surface area contributed by atoms with E-state index in [4.69, 9.17) is 10.6 Å². The molecule has 0 saturated carbocycles. The molecule has 1 aromatic carbocycles. The highest BCUT2D eigenvalue weighted by Crippen LogP contribution is 2.29. The van der Waals surface area contributed by atoms with E-state index < -0.39 is 0 Å². The van der Waals surface area contributed by atoms with Gasteiger partial charge in [-0.05, 0) is 33.5 Å². The number of hydrazine groups is 1. The minimum absolute atomic E-state index is 0.103. The Morgan fingerprint density at radius 2 is 2.10 bits per heavy atom. The number of nitrogens with two attached hydrogens (primary N) is 1. The maximum Gasteiger partial charge on any atom is 0.124 e. The van der Waals surface area contributed by atoms with E-state index in [0.29, 0.717) is 12.6 Å². The quantitative estimate of drug-likeness (QED) is 0.610. The first-order valence-electron chi connectivity index (χ1n) is 7.72. The predicted octanol–water partition coefficient (Wildman–Crippen LogP) is 1.23. The van der Waals surface area contributed by atoms with E-state index in [1.165, 1.54) is 0 Å². The Balaban J connectivity index is 2.12. The second-order valence-electron chi connectivity index (χ2n) is 5.82. The fourth-order valence-corrected chi connectivity index (χ4v) is 2.97. The van der Waals surface area contributed by atoms with E-state index in [0.717, 1.165) is 37.4 Å². The van der Waals surface area contributed by atoms with Crippen molar-refractivity contribution in [1.29, 1.82) is 0 Å². The zero-order valence-electron chi connectivity index (χ0n) is 13.4. The first kappa shape index (κ1) is 16.2. The molecule has 5 nitrogen and oxygen atoms in total. The molecule has 1 fully saturated rings. The largest absolute Gasteiger partial charge is 0.494 e. The average Bonchev–Trinajstić information content (AvgIpc) is 2.49. The number of nitrogens with one attached hydrogen (secondary N) is 1. The molecule has 1 aromatic rings. The fraction of sp³-hybridized carbons (Fsp3) is 0.625. The van der Waals surface area contributed by atoms with Gasteiger partial charge in [-0.3, -0.25) is 11.3 Å². The molecule has 0 aliphatic carbocycles. The van der Waals surface area contributed by atoms with Gasteiger partial charge in [0.15, 0.2) is 0 Å². The molecule has 0 aromatic heterocycles. The van der Waals surface area contributed by atoms with Crippen LogP contribution in [0.3, 0.4) is 0 Å². The van der Waals surface area contributed by atoms with Crippen LogP contribution in [0.5, 0.6) is 5.75 Å². The van der Waals surface area contributed by atoms with E-state index in [1.54, 1.807) is 0 Å². The van der Waals surface area contributed by atoms with Crippen molar-refractivity contribution in [2.45, 2.75) is 25.4 Å². The molecule has 1 aliphatic heterocycles. The lowest BCUT2D eigenvalue weighted by Crippen LogP contribution is -2.51. The van der Waals surface area contributed by atoms with Crippen LogP contribution in [0.1, 0.15) is 24.9 Å². The summed E-state index contributed by atoms with van der Waals surface area (Å²) >= 11 is 0. The van der Waals surface area contributed by atoms with Crippen LogP contribution in [0.25, 0.3) is 0 Å². The smallest absolute Gasteiger partial charge is 0.124 e. The minimum Gasteiger partial charge on any atom is -0.494 e. The van der Waals surface area contributed by atoms with Crippen LogP contribution in [0.4, 0.5) is 0 Å². The molecule has 3 N–H and O–H groups in total. The maximum atomic E-state index is 5.83. The van der Waals surface area contributed by atoms with Crippen LogP contribution < -0.4 is 16.0 Å². The topological polar surface area (TPSA) is 53.8 Å². The summed E-state index contributed by atoms with van der Waals surface area (Å²) in [5.41, 5.74) is 4.12. The molecular weight excluding hydrogens is 264 g/mol. The third-order valence-corrected chi connectivity index (χ3v) is 4.28. The summed E-state index contributed by atoms with van der Waals surface area (Å²) in [7, 11) is 4.37. The molecule has 2 unspecified atom stereocenters. The first-order valence-corrected chi connectivity index (χ1v) is 7.72. The van der Waals surface area contributed by atoms with Crippen molar-refractivity contribution in [3.63, 3.8) is 0 Å². The summed E-state index contributed by atoms with van der Waals surface area (Å²) in [4.78, 5) is 4.81. The lowest BCUT2D eigenvalue weighted by atomic mass is 9.97. The van der Waals surface area contributed by atoms with Gasteiger partial charge in [0.05, 0.1) is 12.6 Å². The minimum atomic E-state index is 0.103. The van der Waals surface area contributed by atoms with E-state index >= 15 is 0 Å². The monoisotopic (exact) mass is 292 g/mol. The highest BCUT2D eigenvalue weighted by Gasteiger charge is 2.26. The molecule has 1 heterocycles. The second-order valence-corrected chi connectivity index (χ2v) is 5.82. The van der Waals surface area contributed by atoms with Gasteiger partial charge in [-0.25, -0.2) is 0 Å². The van der Waals surface area contributed by atoms with Gasteiger partial charge < -0.3 is 14.5 Å². The van der Waals surface area contributed by atoms with Gasteiger partial charge in [0, 0.05) is 31.2 Å². The van der Waals surface area contributed by atoms with Gasteiger partial charge in [0.1, 0.15) is 5.75 Å². The summed E-state index contributed by atoms with van der Waals surface area (Å²) in [6.07, 6.45) is 0.974. The molecule has 0 radical (unpaired) electrons. The summed E-state index contributed by atoms with van der Waals surface area (Å²) in [6.45, 7) is 5.98. The standard InChI is InChI=1S/C16H28N4O/c1-4-21-16-8-6-5-7-14(16)15(18-17)11-13-12-19(2)9-10-20(13)3/h5-8,13,15,18H,4,9-12,17H2,1-3H3. The number of hydrogen-bond donors (Lipinski definition) is 2. The Labute approximate surface area is 128 Å². The molecule has 0 amide bonds. The maximum absolute atomic E-state index is 5.83. The molecule has 21 heavy (non-hydrogen) atoms. The number of nitrogens with zero attached hydrogens (tertiary/aromatic N) is 2. The van der Waals surface area contributed by atoms with Gasteiger partial charge in [-0.2, -0.15) is 0 Å². The molecular formula is C16H28N4O. The molecule has 5 heteroatoms. The summed E-state index contributed by atoms with van der Waals surface area (Å²) in [6, 6.07) is 8.76. The zero-order valence-corrected chi connectivity index (χ0v) is 13.4.